The van der Waals surface area contributed by atoms with Gasteiger partial charge in [0, 0.05) is 23.5 Å². The summed E-state index contributed by atoms with van der Waals surface area (Å²) in [4.78, 5) is 39.8. The third-order valence-corrected chi connectivity index (χ3v) is 6.03. The van der Waals surface area contributed by atoms with Crippen LogP contribution in [0.3, 0.4) is 0 Å². The summed E-state index contributed by atoms with van der Waals surface area (Å²) < 4.78 is 23.2. The number of ether oxygens (including phenoxy) is 4. The first-order valence-electron chi connectivity index (χ1n) is 11.6. The summed E-state index contributed by atoms with van der Waals surface area (Å²) in [6.07, 6.45) is 1.42. The minimum Gasteiger partial charge on any atom is -0.497 e. The molecule has 9 heteroatoms. The van der Waals surface area contributed by atoms with E-state index in [4.69, 9.17) is 18.9 Å². The Labute approximate surface area is 212 Å². The second-order valence-corrected chi connectivity index (χ2v) is 8.35. The summed E-state index contributed by atoms with van der Waals surface area (Å²) in [5.74, 6) is 1.34. The molecule has 1 aromatic heterocycles. The van der Waals surface area contributed by atoms with Crippen LogP contribution in [0.4, 0.5) is 5.69 Å². The van der Waals surface area contributed by atoms with E-state index in [1.807, 2.05) is 0 Å². The fourth-order valence-electron chi connectivity index (χ4n) is 4.15. The van der Waals surface area contributed by atoms with Crippen LogP contribution in [0.2, 0.25) is 0 Å². The minimum absolute atomic E-state index is 0.0633. The number of carbonyl (C=O) groups excluding carboxylic acids is 2. The number of hydrogen-bond acceptors (Lipinski definition) is 7. The molecule has 0 unspecified atom stereocenters. The molecule has 0 fully saturated rings. The molecule has 5 rings (SSSR count). The fourth-order valence-corrected chi connectivity index (χ4v) is 4.15. The van der Waals surface area contributed by atoms with E-state index in [9.17, 15) is 14.4 Å². The molecule has 1 N–H and O–H groups in total. The monoisotopic (exact) mass is 500 g/mol. The molecule has 0 atom stereocenters. The van der Waals surface area contributed by atoms with Crippen LogP contribution in [0, 0.1) is 0 Å². The van der Waals surface area contributed by atoms with Crippen LogP contribution >= 0.6 is 0 Å². The molecule has 0 bridgehead atoms. The molecule has 0 spiro atoms. The number of nitrogens with zero attached hydrogens (tertiary/aromatic N) is 1. The lowest BCUT2D eigenvalue weighted by atomic mass is 10.0. The Bertz CT molecular complexity index is 1540. The normalized spacial score (nSPS) is 12.2. The van der Waals surface area contributed by atoms with Gasteiger partial charge in [-0.3, -0.25) is 14.4 Å². The smallest absolute Gasteiger partial charge is 0.244 e. The first-order chi connectivity index (χ1) is 18.0. The number of hydrogen-bond donors (Lipinski definition) is 1. The molecule has 1 amide bonds. The van der Waals surface area contributed by atoms with Gasteiger partial charge < -0.3 is 28.8 Å². The summed E-state index contributed by atoms with van der Waals surface area (Å²) in [6.45, 7) is 0.571. The standard InChI is InChI=1S/C28H24N2O7/c1-34-19-7-3-17(4-8-19)27(32)22-15-30(16-26(31)29-18-5-9-20(35-2)10-6-18)23-14-25-24(36-11-12-37-25)13-21(23)28(22)33/h3-10,13-15H,11-12,16H2,1-2H3,(H,29,31). The van der Waals surface area contributed by atoms with E-state index in [-0.39, 0.29) is 23.4 Å². The number of amides is 1. The molecule has 3 aromatic carbocycles. The molecule has 1 aliphatic rings. The number of carbonyl (C=O) groups is 2. The zero-order valence-corrected chi connectivity index (χ0v) is 20.3. The van der Waals surface area contributed by atoms with Crippen molar-refractivity contribution in [2.24, 2.45) is 0 Å². The Morgan fingerprint density at radius 3 is 2.11 bits per heavy atom. The van der Waals surface area contributed by atoms with Crippen molar-refractivity contribution in [2.45, 2.75) is 6.54 Å². The van der Waals surface area contributed by atoms with Crippen LogP contribution < -0.4 is 29.7 Å². The molecule has 188 valence electrons. The van der Waals surface area contributed by atoms with Gasteiger partial charge in [-0.1, -0.05) is 0 Å². The van der Waals surface area contributed by atoms with Gasteiger partial charge in [-0.15, -0.1) is 0 Å². The van der Waals surface area contributed by atoms with Crippen LogP contribution in [0.5, 0.6) is 23.0 Å². The quantitative estimate of drug-likeness (QED) is 0.386. The SMILES string of the molecule is COc1ccc(NC(=O)Cn2cc(C(=O)c3ccc(OC)cc3)c(=O)c3cc4c(cc32)OCCO4)cc1. The van der Waals surface area contributed by atoms with Crippen molar-refractivity contribution in [3.63, 3.8) is 0 Å². The molecular weight excluding hydrogens is 476 g/mol. The van der Waals surface area contributed by atoms with Crippen molar-refractivity contribution >= 4 is 28.3 Å². The molecule has 0 aliphatic carbocycles. The maximum atomic E-state index is 13.5. The van der Waals surface area contributed by atoms with Gasteiger partial charge in [0.1, 0.15) is 31.3 Å². The number of ketones is 1. The van der Waals surface area contributed by atoms with Gasteiger partial charge in [0.15, 0.2) is 17.3 Å². The van der Waals surface area contributed by atoms with Gasteiger partial charge in [0.2, 0.25) is 11.3 Å². The Hall–Kier alpha value is -4.79. The molecule has 2 heterocycles. The highest BCUT2D eigenvalue weighted by molar-refractivity contribution is 6.10. The molecule has 0 saturated carbocycles. The number of anilines is 1. The molecule has 0 saturated heterocycles. The molecular formula is C28H24N2O7. The zero-order valence-electron chi connectivity index (χ0n) is 20.3. The first-order valence-corrected chi connectivity index (χ1v) is 11.6. The average molecular weight is 501 g/mol. The highest BCUT2D eigenvalue weighted by Crippen LogP contribution is 2.34. The van der Waals surface area contributed by atoms with Gasteiger partial charge in [0.25, 0.3) is 0 Å². The van der Waals surface area contributed by atoms with Crippen LogP contribution in [0.15, 0.2) is 71.7 Å². The number of nitrogens with one attached hydrogen (secondary N) is 1. The highest BCUT2D eigenvalue weighted by Gasteiger charge is 2.22. The van der Waals surface area contributed by atoms with Gasteiger partial charge in [0.05, 0.1) is 30.7 Å². The summed E-state index contributed by atoms with van der Waals surface area (Å²) >= 11 is 0. The zero-order chi connectivity index (χ0) is 25.9. The summed E-state index contributed by atoms with van der Waals surface area (Å²) in [7, 11) is 3.09. The van der Waals surface area contributed by atoms with Crippen LogP contribution in [0.1, 0.15) is 15.9 Å². The number of benzene rings is 3. The molecule has 37 heavy (non-hydrogen) atoms. The summed E-state index contributed by atoms with van der Waals surface area (Å²) in [5, 5.41) is 3.08. The van der Waals surface area contributed by atoms with E-state index in [1.165, 1.54) is 13.3 Å². The van der Waals surface area contributed by atoms with Gasteiger partial charge >= 0.3 is 0 Å². The van der Waals surface area contributed by atoms with E-state index in [0.717, 1.165) is 0 Å². The molecule has 9 nitrogen and oxygen atoms in total. The lowest BCUT2D eigenvalue weighted by Crippen LogP contribution is -2.25. The first kappa shape index (κ1) is 23.9. The predicted molar refractivity (Wildman–Crippen MR) is 137 cm³/mol. The Morgan fingerprint density at radius 2 is 1.49 bits per heavy atom. The number of rotatable bonds is 7. The number of methoxy groups -OCH3 is 2. The van der Waals surface area contributed by atoms with E-state index >= 15 is 0 Å². The van der Waals surface area contributed by atoms with Crippen molar-refractivity contribution < 1.29 is 28.5 Å². The topological polar surface area (TPSA) is 105 Å². The Morgan fingerprint density at radius 1 is 0.892 bits per heavy atom. The third-order valence-electron chi connectivity index (χ3n) is 6.03. The number of pyridine rings is 1. The maximum Gasteiger partial charge on any atom is 0.244 e. The second-order valence-electron chi connectivity index (χ2n) is 8.35. The lowest BCUT2D eigenvalue weighted by Gasteiger charge is -2.20. The molecule has 4 aromatic rings. The summed E-state index contributed by atoms with van der Waals surface area (Å²) in [5.41, 5.74) is 0.834. The molecule has 1 aliphatic heterocycles. The van der Waals surface area contributed by atoms with Crippen LogP contribution in [0.25, 0.3) is 10.9 Å². The third kappa shape index (κ3) is 4.84. The number of aromatic nitrogens is 1. The second kappa shape index (κ2) is 10.1. The van der Waals surface area contributed by atoms with Crippen molar-refractivity contribution in [3.05, 3.63) is 88.2 Å². The van der Waals surface area contributed by atoms with Crippen molar-refractivity contribution in [2.75, 3.05) is 32.8 Å². The fraction of sp³-hybridized carbons (Fsp3) is 0.179. The average Bonchev–Trinajstić information content (AvgIpc) is 2.94. The highest BCUT2D eigenvalue weighted by atomic mass is 16.6. The van der Waals surface area contributed by atoms with E-state index in [1.54, 1.807) is 72.3 Å². The molecule has 0 radical (unpaired) electrons. The van der Waals surface area contributed by atoms with E-state index in [0.29, 0.717) is 53.0 Å². The van der Waals surface area contributed by atoms with Crippen LogP contribution in [-0.2, 0) is 11.3 Å². The van der Waals surface area contributed by atoms with Crippen molar-refractivity contribution in [1.29, 1.82) is 0 Å². The Balaban J connectivity index is 1.56. The van der Waals surface area contributed by atoms with E-state index in [2.05, 4.69) is 5.32 Å². The van der Waals surface area contributed by atoms with Crippen molar-refractivity contribution in [1.82, 2.24) is 4.57 Å². The Kier molecular flexibility index (Phi) is 6.51. The van der Waals surface area contributed by atoms with Crippen LogP contribution in [-0.4, -0.2) is 43.7 Å². The predicted octanol–water partition coefficient (Wildman–Crippen LogP) is 3.66. The summed E-state index contributed by atoms with van der Waals surface area (Å²) in [6, 6.07) is 16.6. The van der Waals surface area contributed by atoms with Gasteiger partial charge in [-0.05, 0) is 54.6 Å². The van der Waals surface area contributed by atoms with Gasteiger partial charge in [-0.25, -0.2) is 0 Å². The minimum atomic E-state index is -0.464. The van der Waals surface area contributed by atoms with Gasteiger partial charge in [-0.2, -0.15) is 0 Å². The van der Waals surface area contributed by atoms with E-state index < -0.39 is 11.2 Å². The lowest BCUT2D eigenvalue weighted by molar-refractivity contribution is -0.116. The largest absolute Gasteiger partial charge is 0.497 e. The maximum absolute atomic E-state index is 13.5. The van der Waals surface area contributed by atoms with Crippen molar-refractivity contribution in [3.8, 4) is 23.0 Å². The number of fused-ring (bicyclic) bond motifs is 2.